The Balaban J connectivity index is 1.69. The molecule has 7 nitrogen and oxygen atoms in total. The lowest BCUT2D eigenvalue weighted by Gasteiger charge is -2.26. The number of amides is 1. The number of carbonyl (C=O) groups is 1. The molecule has 0 aliphatic carbocycles. The minimum Gasteiger partial charge on any atom is -0.496 e. The third kappa shape index (κ3) is 3.48. The van der Waals surface area contributed by atoms with Gasteiger partial charge in [-0.25, -0.2) is 0 Å². The first-order valence-electron chi connectivity index (χ1n) is 9.10. The highest BCUT2D eigenvalue weighted by Crippen LogP contribution is 2.41. The Kier molecular flexibility index (Phi) is 5.27. The quantitative estimate of drug-likeness (QED) is 0.595. The lowest BCUT2D eigenvalue weighted by Crippen LogP contribution is -2.32. The predicted molar refractivity (Wildman–Crippen MR) is 112 cm³/mol. The third-order valence-corrected chi connectivity index (χ3v) is 5.49. The number of carbonyl (C=O) groups excluding carboxylic acids is 1. The zero-order valence-electron chi connectivity index (χ0n) is 16.3. The Morgan fingerprint density at radius 2 is 1.93 bits per heavy atom. The second kappa shape index (κ2) is 7.87. The van der Waals surface area contributed by atoms with Gasteiger partial charge in [0, 0.05) is 27.9 Å². The summed E-state index contributed by atoms with van der Waals surface area (Å²) < 4.78 is 23.0. The van der Waals surface area contributed by atoms with Gasteiger partial charge in [0.15, 0.2) is 11.5 Å². The maximum Gasteiger partial charge on any atom is 0.268 e. The molecule has 0 spiro atoms. The van der Waals surface area contributed by atoms with Gasteiger partial charge < -0.3 is 29.2 Å². The first-order chi connectivity index (χ1) is 14.0. The molecule has 4 rings (SSSR count). The second-order valence-electron chi connectivity index (χ2n) is 6.63. The van der Waals surface area contributed by atoms with E-state index in [1.54, 1.807) is 33.5 Å². The van der Waals surface area contributed by atoms with Gasteiger partial charge in [0.05, 0.1) is 39.5 Å². The summed E-state index contributed by atoms with van der Waals surface area (Å²) in [6.07, 6.45) is 0.690. The molecule has 3 aromatic rings. The number of rotatable bonds is 5. The lowest BCUT2D eigenvalue weighted by molar-refractivity contribution is 0.0920. The molecule has 2 aromatic carbocycles. The molecule has 0 saturated carbocycles. The van der Waals surface area contributed by atoms with E-state index in [9.17, 15) is 4.79 Å². The summed E-state index contributed by atoms with van der Waals surface area (Å²) >= 11 is 3.48. The van der Waals surface area contributed by atoms with Crippen LogP contribution in [0.3, 0.4) is 0 Å². The standard InChI is InChI=1S/C21H21BrN2O5/c1-26-17-10-18(27-2)20(28-3)19-13(17)9-15(23-19)21(25)24-14-6-7-29-16-5-4-11(22)8-12(14)16/h4-5,8-10,14,23H,6-7H2,1-3H3,(H,24,25). The highest BCUT2D eigenvalue weighted by Gasteiger charge is 2.25. The van der Waals surface area contributed by atoms with Crippen LogP contribution in [0.15, 0.2) is 34.8 Å². The number of ether oxygens (including phenoxy) is 4. The summed E-state index contributed by atoms with van der Waals surface area (Å²) in [7, 11) is 4.69. The molecule has 8 heteroatoms. The van der Waals surface area contributed by atoms with E-state index in [1.807, 2.05) is 18.2 Å². The van der Waals surface area contributed by atoms with Gasteiger partial charge in [-0.2, -0.15) is 0 Å². The molecule has 0 bridgehead atoms. The summed E-state index contributed by atoms with van der Waals surface area (Å²) in [6, 6.07) is 9.15. The number of methoxy groups -OCH3 is 3. The van der Waals surface area contributed by atoms with E-state index in [1.165, 1.54) is 0 Å². The minimum absolute atomic E-state index is 0.145. The van der Waals surface area contributed by atoms with Crippen molar-refractivity contribution in [3.05, 3.63) is 46.1 Å². The molecule has 1 amide bonds. The maximum absolute atomic E-state index is 13.0. The smallest absolute Gasteiger partial charge is 0.268 e. The fourth-order valence-electron chi connectivity index (χ4n) is 3.61. The second-order valence-corrected chi connectivity index (χ2v) is 7.55. The largest absolute Gasteiger partial charge is 0.496 e. The number of aromatic nitrogens is 1. The van der Waals surface area contributed by atoms with Crippen LogP contribution >= 0.6 is 15.9 Å². The van der Waals surface area contributed by atoms with Crippen molar-refractivity contribution in [2.24, 2.45) is 0 Å². The van der Waals surface area contributed by atoms with Crippen LogP contribution in [-0.4, -0.2) is 38.8 Å². The SMILES string of the molecule is COc1cc(OC)c2cc(C(=O)NC3CCOc4ccc(Br)cc43)[nH]c2c1OC. The highest BCUT2D eigenvalue weighted by molar-refractivity contribution is 9.10. The van der Waals surface area contributed by atoms with E-state index >= 15 is 0 Å². The Morgan fingerprint density at radius 3 is 2.66 bits per heavy atom. The third-order valence-electron chi connectivity index (χ3n) is 5.00. The van der Waals surface area contributed by atoms with Crippen LogP contribution in [0.5, 0.6) is 23.0 Å². The molecule has 1 unspecified atom stereocenters. The topological polar surface area (TPSA) is 81.8 Å². The van der Waals surface area contributed by atoms with Crippen LogP contribution in [0.25, 0.3) is 10.9 Å². The molecule has 2 N–H and O–H groups in total. The van der Waals surface area contributed by atoms with E-state index in [2.05, 4.69) is 26.2 Å². The van der Waals surface area contributed by atoms with Crippen molar-refractivity contribution < 1.29 is 23.7 Å². The highest BCUT2D eigenvalue weighted by atomic mass is 79.9. The lowest BCUT2D eigenvalue weighted by atomic mass is 10.0. The van der Waals surface area contributed by atoms with E-state index in [0.29, 0.717) is 41.5 Å². The van der Waals surface area contributed by atoms with Crippen molar-refractivity contribution in [2.75, 3.05) is 27.9 Å². The number of hydrogen-bond donors (Lipinski definition) is 2. The van der Waals surface area contributed by atoms with Crippen LogP contribution < -0.4 is 24.3 Å². The Labute approximate surface area is 176 Å². The first kappa shape index (κ1) is 19.4. The summed E-state index contributed by atoms with van der Waals surface area (Å²) in [6.45, 7) is 0.547. The zero-order valence-corrected chi connectivity index (χ0v) is 17.9. The predicted octanol–water partition coefficient (Wildman–Crippen LogP) is 4.21. The van der Waals surface area contributed by atoms with Gasteiger partial charge in [0.2, 0.25) is 0 Å². The minimum atomic E-state index is -0.220. The van der Waals surface area contributed by atoms with Gasteiger partial charge >= 0.3 is 0 Å². The number of nitrogens with one attached hydrogen (secondary N) is 2. The molecular formula is C21H21BrN2O5. The van der Waals surface area contributed by atoms with Gasteiger partial charge in [-0.15, -0.1) is 0 Å². The van der Waals surface area contributed by atoms with E-state index in [0.717, 1.165) is 21.2 Å². The molecule has 0 radical (unpaired) electrons. The molecular weight excluding hydrogens is 440 g/mol. The molecule has 0 saturated heterocycles. The molecule has 152 valence electrons. The zero-order chi connectivity index (χ0) is 20.5. The van der Waals surface area contributed by atoms with Crippen LogP contribution in [0.1, 0.15) is 28.5 Å². The van der Waals surface area contributed by atoms with Gasteiger partial charge in [-0.1, -0.05) is 15.9 Å². The van der Waals surface area contributed by atoms with Gasteiger partial charge in [0.1, 0.15) is 17.2 Å². The van der Waals surface area contributed by atoms with E-state index < -0.39 is 0 Å². The number of benzene rings is 2. The maximum atomic E-state index is 13.0. The number of fused-ring (bicyclic) bond motifs is 2. The molecule has 2 heterocycles. The van der Waals surface area contributed by atoms with Crippen molar-refractivity contribution >= 4 is 32.7 Å². The van der Waals surface area contributed by atoms with Crippen molar-refractivity contribution in [3.8, 4) is 23.0 Å². The van der Waals surface area contributed by atoms with Crippen molar-refractivity contribution in [3.63, 3.8) is 0 Å². The average Bonchev–Trinajstić information content (AvgIpc) is 3.18. The van der Waals surface area contributed by atoms with Crippen LogP contribution in [0, 0.1) is 0 Å². The molecule has 29 heavy (non-hydrogen) atoms. The molecule has 1 atom stereocenters. The number of aromatic amines is 1. The van der Waals surface area contributed by atoms with Crippen LogP contribution in [0.4, 0.5) is 0 Å². The average molecular weight is 461 g/mol. The summed E-state index contributed by atoms with van der Waals surface area (Å²) in [5.41, 5.74) is 2.00. The van der Waals surface area contributed by atoms with Crippen molar-refractivity contribution in [1.29, 1.82) is 0 Å². The Bertz CT molecular complexity index is 1080. The number of halogens is 1. The fourth-order valence-corrected chi connectivity index (χ4v) is 3.99. The number of hydrogen-bond acceptors (Lipinski definition) is 5. The molecule has 1 aliphatic heterocycles. The van der Waals surface area contributed by atoms with Gasteiger partial charge in [0.25, 0.3) is 5.91 Å². The van der Waals surface area contributed by atoms with E-state index in [4.69, 9.17) is 18.9 Å². The van der Waals surface area contributed by atoms with Crippen LogP contribution in [0.2, 0.25) is 0 Å². The van der Waals surface area contributed by atoms with Gasteiger partial charge in [-0.05, 0) is 24.3 Å². The van der Waals surface area contributed by atoms with Crippen molar-refractivity contribution in [2.45, 2.75) is 12.5 Å². The summed E-state index contributed by atoms with van der Waals surface area (Å²) in [4.78, 5) is 16.2. The number of H-pyrrole nitrogens is 1. The Morgan fingerprint density at radius 1 is 1.14 bits per heavy atom. The summed E-state index contributed by atoms with van der Waals surface area (Å²) in [5.74, 6) is 2.20. The van der Waals surface area contributed by atoms with Crippen molar-refractivity contribution in [1.82, 2.24) is 10.3 Å². The molecule has 1 aliphatic rings. The molecule has 1 aromatic heterocycles. The Hall–Kier alpha value is -2.87. The van der Waals surface area contributed by atoms with Gasteiger partial charge in [-0.3, -0.25) is 4.79 Å². The van der Waals surface area contributed by atoms with Crippen LogP contribution in [-0.2, 0) is 0 Å². The summed E-state index contributed by atoms with van der Waals surface area (Å²) in [5, 5.41) is 3.84. The fraction of sp³-hybridized carbons (Fsp3) is 0.286. The normalized spacial score (nSPS) is 15.4. The monoisotopic (exact) mass is 460 g/mol. The van der Waals surface area contributed by atoms with E-state index in [-0.39, 0.29) is 11.9 Å². The molecule has 0 fully saturated rings. The first-order valence-corrected chi connectivity index (χ1v) is 9.89.